The second-order valence-corrected chi connectivity index (χ2v) is 5.15. The van der Waals surface area contributed by atoms with Crippen LogP contribution >= 0.6 is 0 Å². The van der Waals surface area contributed by atoms with E-state index in [9.17, 15) is 9.59 Å². The number of anilines is 2. The lowest BCUT2D eigenvalue weighted by atomic mass is 9.80. The van der Waals surface area contributed by atoms with E-state index in [-0.39, 0.29) is 18.4 Å². The summed E-state index contributed by atoms with van der Waals surface area (Å²) >= 11 is 0. The summed E-state index contributed by atoms with van der Waals surface area (Å²) in [5.41, 5.74) is 6.67. The van der Waals surface area contributed by atoms with Crippen molar-refractivity contribution in [2.24, 2.45) is 11.1 Å². The highest BCUT2D eigenvalue weighted by Crippen LogP contribution is 2.35. The molecule has 3 N–H and O–H groups in total. The summed E-state index contributed by atoms with van der Waals surface area (Å²) in [6.07, 6.45) is 1.33. The van der Waals surface area contributed by atoms with Crippen LogP contribution in [0.4, 0.5) is 11.4 Å². The average Bonchev–Trinajstić information content (AvgIpc) is 2.48. The molecule has 1 aliphatic rings. The third kappa shape index (κ3) is 2.29. The molecule has 0 bridgehead atoms. The van der Waals surface area contributed by atoms with E-state index in [1.54, 1.807) is 11.0 Å². The van der Waals surface area contributed by atoms with Crippen molar-refractivity contribution < 1.29 is 9.59 Å². The number of benzene rings is 1. The van der Waals surface area contributed by atoms with Crippen LogP contribution in [0.1, 0.15) is 26.7 Å². The lowest BCUT2D eigenvalue weighted by Gasteiger charge is -2.37. The first-order chi connectivity index (χ1) is 9.57. The van der Waals surface area contributed by atoms with E-state index in [0.717, 1.165) is 5.69 Å². The van der Waals surface area contributed by atoms with E-state index in [1.807, 2.05) is 32.0 Å². The number of nitrogens with zero attached hydrogens (tertiary/aromatic N) is 1. The van der Waals surface area contributed by atoms with Crippen molar-refractivity contribution in [3.63, 3.8) is 0 Å². The van der Waals surface area contributed by atoms with Gasteiger partial charge in [0.1, 0.15) is 6.54 Å². The van der Waals surface area contributed by atoms with Gasteiger partial charge in [0, 0.05) is 6.54 Å². The number of hydrogen-bond donors (Lipinski definition) is 2. The molecular weight excluding hydrogens is 254 g/mol. The van der Waals surface area contributed by atoms with E-state index in [1.165, 1.54) is 0 Å². The lowest BCUT2D eigenvalue weighted by molar-refractivity contribution is -0.129. The second-order valence-electron chi connectivity index (χ2n) is 5.15. The minimum absolute atomic E-state index is 0.0532. The first-order valence-corrected chi connectivity index (χ1v) is 6.99. The molecule has 0 atom stereocenters. The molecule has 0 aliphatic carbocycles. The fourth-order valence-electron chi connectivity index (χ4n) is 2.63. The van der Waals surface area contributed by atoms with Crippen LogP contribution in [-0.2, 0) is 9.59 Å². The highest BCUT2D eigenvalue weighted by Gasteiger charge is 2.39. The first-order valence-electron chi connectivity index (χ1n) is 6.99. The maximum Gasteiger partial charge on any atom is 0.244 e. The second kappa shape index (κ2) is 5.63. The van der Waals surface area contributed by atoms with Gasteiger partial charge in [-0.2, -0.15) is 0 Å². The third-order valence-corrected chi connectivity index (χ3v) is 4.21. The summed E-state index contributed by atoms with van der Waals surface area (Å²) in [6.45, 7) is 4.27. The van der Waals surface area contributed by atoms with Gasteiger partial charge in [-0.05, 0) is 25.0 Å². The van der Waals surface area contributed by atoms with Gasteiger partial charge in [0.15, 0.2) is 0 Å². The summed E-state index contributed by atoms with van der Waals surface area (Å²) in [4.78, 5) is 26.2. The largest absolute Gasteiger partial charge is 0.329 e. The fraction of sp³-hybridized carbons (Fsp3) is 0.467. The predicted molar refractivity (Wildman–Crippen MR) is 79.5 cm³/mol. The summed E-state index contributed by atoms with van der Waals surface area (Å²) in [6, 6.07) is 7.34. The van der Waals surface area contributed by atoms with Crippen molar-refractivity contribution in [1.29, 1.82) is 0 Å². The van der Waals surface area contributed by atoms with Gasteiger partial charge in [-0.3, -0.25) is 9.59 Å². The van der Waals surface area contributed by atoms with Gasteiger partial charge in [-0.25, -0.2) is 0 Å². The molecule has 0 fully saturated rings. The van der Waals surface area contributed by atoms with Gasteiger partial charge in [0.25, 0.3) is 0 Å². The van der Waals surface area contributed by atoms with Crippen LogP contribution in [-0.4, -0.2) is 24.9 Å². The van der Waals surface area contributed by atoms with Crippen molar-refractivity contribution >= 4 is 23.2 Å². The van der Waals surface area contributed by atoms with Crippen LogP contribution in [0.25, 0.3) is 0 Å². The van der Waals surface area contributed by atoms with E-state index < -0.39 is 5.41 Å². The molecule has 2 amide bonds. The Bertz CT molecular complexity index is 515. The Kier molecular flexibility index (Phi) is 4.09. The summed E-state index contributed by atoms with van der Waals surface area (Å²) < 4.78 is 0. The maximum atomic E-state index is 12.9. The highest BCUT2D eigenvalue weighted by molar-refractivity contribution is 6.11. The maximum absolute atomic E-state index is 12.9. The van der Waals surface area contributed by atoms with E-state index >= 15 is 0 Å². The van der Waals surface area contributed by atoms with Crippen molar-refractivity contribution in [3.8, 4) is 0 Å². The fourth-order valence-corrected chi connectivity index (χ4v) is 2.63. The smallest absolute Gasteiger partial charge is 0.244 e. The molecule has 108 valence electrons. The van der Waals surface area contributed by atoms with Crippen LogP contribution in [0.5, 0.6) is 0 Å². The number of rotatable bonds is 4. The highest BCUT2D eigenvalue weighted by atomic mass is 16.2. The number of para-hydroxylation sites is 2. The Morgan fingerprint density at radius 1 is 1.35 bits per heavy atom. The molecule has 0 spiro atoms. The number of carbonyl (C=O) groups is 2. The average molecular weight is 275 g/mol. The quantitative estimate of drug-likeness (QED) is 0.878. The van der Waals surface area contributed by atoms with Crippen LogP contribution in [0.15, 0.2) is 24.3 Å². The van der Waals surface area contributed by atoms with Crippen molar-refractivity contribution in [2.45, 2.75) is 26.7 Å². The molecule has 1 aromatic carbocycles. The molecule has 1 aromatic rings. The molecule has 0 unspecified atom stereocenters. The molecule has 0 saturated carbocycles. The Balaban J connectivity index is 2.42. The van der Waals surface area contributed by atoms with Gasteiger partial charge in [-0.1, -0.05) is 26.0 Å². The molecule has 5 nitrogen and oxygen atoms in total. The lowest BCUT2D eigenvalue weighted by Crippen LogP contribution is -2.51. The molecule has 1 heterocycles. The topological polar surface area (TPSA) is 75.4 Å². The van der Waals surface area contributed by atoms with E-state index in [0.29, 0.717) is 25.1 Å². The third-order valence-electron chi connectivity index (χ3n) is 4.21. The molecule has 5 heteroatoms. The number of hydrogen-bond acceptors (Lipinski definition) is 3. The number of fused-ring (bicyclic) bond motifs is 1. The molecular formula is C15H21N3O2. The normalized spacial score (nSPS) is 14.8. The Morgan fingerprint density at radius 2 is 2.00 bits per heavy atom. The molecule has 1 aliphatic heterocycles. The van der Waals surface area contributed by atoms with Crippen molar-refractivity contribution in [1.82, 2.24) is 0 Å². The Labute approximate surface area is 119 Å². The van der Waals surface area contributed by atoms with Crippen molar-refractivity contribution in [2.75, 3.05) is 23.3 Å². The van der Waals surface area contributed by atoms with Crippen LogP contribution in [0.3, 0.4) is 0 Å². The summed E-state index contributed by atoms with van der Waals surface area (Å²) in [5, 5.41) is 2.79. The van der Waals surface area contributed by atoms with Gasteiger partial charge < -0.3 is 16.0 Å². The zero-order chi connectivity index (χ0) is 14.8. The zero-order valence-corrected chi connectivity index (χ0v) is 12.0. The monoisotopic (exact) mass is 275 g/mol. The van der Waals surface area contributed by atoms with E-state index in [2.05, 4.69) is 5.32 Å². The van der Waals surface area contributed by atoms with Crippen LogP contribution < -0.4 is 16.0 Å². The van der Waals surface area contributed by atoms with Gasteiger partial charge in [0.05, 0.1) is 16.8 Å². The number of nitrogens with one attached hydrogen (secondary N) is 1. The molecule has 0 radical (unpaired) electrons. The Hall–Kier alpha value is -1.88. The minimum Gasteiger partial charge on any atom is -0.329 e. The zero-order valence-electron chi connectivity index (χ0n) is 12.0. The molecule has 0 aromatic heterocycles. The predicted octanol–water partition coefficient (Wildman–Crippen LogP) is 1.74. The number of nitrogens with two attached hydrogens (primary N) is 1. The summed E-state index contributed by atoms with van der Waals surface area (Å²) in [5.74, 6) is -0.234. The van der Waals surface area contributed by atoms with Crippen LogP contribution in [0.2, 0.25) is 0 Å². The summed E-state index contributed by atoms with van der Waals surface area (Å²) in [7, 11) is 0. The Morgan fingerprint density at radius 3 is 2.60 bits per heavy atom. The molecule has 20 heavy (non-hydrogen) atoms. The number of amides is 2. The van der Waals surface area contributed by atoms with Gasteiger partial charge in [-0.15, -0.1) is 0 Å². The molecule has 0 saturated heterocycles. The standard InChI is InChI=1S/C15H21N3O2/c1-3-15(4-2,10-16)14(20)18-9-13(19)17-11-7-5-6-8-12(11)18/h5-8H,3-4,9-10,16H2,1-2H3,(H,17,19). The SMILES string of the molecule is CCC(CC)(CN)C(=O)N1CC(=O)Nc2ccccc21. The van der Waals surface area contributed by atoms with Crippen molar-refractivity contribution in [3.05, 3.63) is 24.3 Å². The van der Waals surface area contributed by atoms with Crippen LogP contribution in [0, 0.1) is 5.41 Å². The minimum atomic E-state index is -0.593. The van der Waals surface area contributed by atoms with Gasteiger partial charge in [0.2, 0.25) is 11.8 Å². The van der Waals surface area contributed by atoms with Gasteiger partial charge >= 0.3 is 0 Å². The first kappa shape index (κ1) is 14.5. The van der Waals surface area contributed by atoms with E-state index in [4.69, 9.17) is 5.73 Å². The number of carbonyl (C=O) groups excluding carboxylic acids is 2. The molecule has 2 rings (SSSR count).